The van der Waals surface area contributed by atoms with E-state index in [1.54, 1.807) is 12.1 Å². The van der Waals surface area contributed by atoms with Gasteiger partial charge in [0.2, 0.25) is 0 Å². The smallest absolute Gasteiger partial charge is 0.160 e. The van der Waals surface area contributed by atoms with Gasteiger partial charge in [-0.15, -0.1) is 0 Å². The van der Waals surface area contributed by atoms with Crippen molar-refractivity contribution in [1.29, 1.82) is 0 Å². The lowest BCUT2D eigenvalue weighted by Crippen LogP contribution is -2.09. The number of rotatable bonds is 10. The van der Waals surface area contributed by atoms with Gasteiger partial charge in [-0.05, 0) is 42.3 Å². The molecule has 2 aromatic carbocycles. The second-order valence-electron chi connectivity index (χ2n) is 6.43. The molecule has 162 valence electrons. The predicted octanol–water partition coefficient (Wildman–Crippen LogP) is 5.60. The number of nitrogens with zero attached hydrogens (tertiary/aromatic N) is 2. The van der Waals surface area contributed by atoms with Crippen molar-refractivity contribution in [1.82, 2.24) is 9.97 Å². The first-order valence-electron chi connectivity index (χ1n) is 9.51. The van der Waals surface area contributed by atoms with Crippen molar-refractivity contribution < 1.29 is 18.7 Å². The van der Waals surface area contributed by atoms with Crippen LogP contribution in [0.5, 0.6) is 5.75 Å². The molecular formula is C22H20BrClFN3O3. The highest BCUT2D eigenvalue weighted by Gasteiger charge is 2.14. The summed E-state index contributed by atoms with van der Waals surface area (Å²) < 4.78 is 24.7. The van der Waals surface area contributed by atoms with Gasteiger partial charge in [0.05, 0.1) is 17.1 Å². The molecule has 9 heteroatoms. The molecule has 0 radical (unpaired) electrons. The van der Waals surface area contributed by atoms with Crippen molar-refractivity contribution >= 4 is 55.7 Å². The van der Waals surface area contributed by atoms with Crippen LogP contribution in [-0.4, -0.2) is 35.6 Å². The standard InChI is InChI=1S/C22H20BrClFN3O3/c1-2-30-7-8-31-21-12-20-17(10-14(21)9-16(29)5-6-23)22(27-13-26-20)28-15-3-4-19(25)18(24)11-15/h3-6,10-13H,2,7-9H2,1H3,(H,26,27,28)/b6-5-. The van der Waals surface area contributed by atoms with Gasteiger partial charge in [-0.3, -0.25) is 4.79 Å². The average Bonchev–Trinajstić information content (AvgIpc) is 2.74. The highest BCUT2D eigenvalue weighted by Crippen LogP contribution is 2.31. The zero-order valence-corrected chi connectivity index (χ0v) is 19.0. The topological polar surface area (TPSA) is 73.3 Å². The molecule has 0 spiro atoms. The number of hydrogen-bond donors (Lipinski definition) is 1. The van der Waals surface area contributed by atoms with Gasteiger partial charge in [0.25, 0.3) is 0 Å². The van der Waals surface area contributed by atoms with Crippen LogP contribution < -0.4 is 10.1 Å². The molecule has 0 fully saturated rings. The summed E-state index contributed by atoms with van der Waals surface area (Å²) in [5, 5.41) is 3.82. The molecule has 0 bridgehead atoms. The van der Waals surface area contributed by atoms with Crippen LogP contribution in [0.4, 0.5) is 15.9 Å². The largest absolute Gasteiger partial charge is 0.491 e. The van der Waals surface area contributed by atoms with E-state index < -0.39 is 5.82 Å². The number of nitrogens with one attached hydrogen (secondary N) is 1. The van der Waals surface area contributed by atoms with E-state index in [0.717, 1.165) is 0 Å². The highest BCUT2D eigenvalue weighted by molar-refractivity contribution is 9.11. The second-order valence-corrected chi connectivity index (χ2v) is 7.37. The fourth-order valence-corrected chi connectivity index (χ4v) is 3.36. The molecular weight excluding hydrogens is 489 g/mol. The van der Waals surface area contributed by atoms with E-state index in [9.17, 15) is 9.18 Å². The maximum atomic E-state index is 13.5. The quantitative estimate of drug-likeness (QED) is 0.284. The molecule has 31 heavy (non-hydrogen) atoms. The predicted molar refractivity (Wildman–Crippen MR) is 123 cm³/mol. The first-order valence-corrected chi connectivity index (χ1v) is 10.8. The Morgan fingerprint density at radius 2 is 2.10 bits per heavy atom. The molecule has 0 aliphatic heterocycles. The Bertz CT molecular complexity index is 1110. The van der Waals surface area contributed by atoms with E-state index in [1.165, 1.54) is 29.5 Å². The number of halogens is 3. The van der Waals surface area contributed by atoms with Gasteiger partial charge < -0.3 is 14.8 Å². The Balaban J connectivity index is 1.98. The minimum absolute atomic E-state index is 0.00110. The van der Waals surface area contributed by atoms with Gasteiger partial charge in [-0.1, -0.05) is 27.5 Å². The number of allylic oxidation sites excluding steroid dienone is 1. The fourth-order valence-electron chi connectivity index (χ4n) is 2.88. The highest BCUT2D eigenvalue weighted by atomic mass is 79.9. The Morgan fingerprint density at radius 1 is 1.26 bits per heavy atom. The number of hydrogen-bond acceptors (Lipinski definition) is 6. The third-order valence-electron chi connectivity index (χ3n) is 4.30. The third kappa shape index (κ3) is 6.22. The van der Waals surface area contributed by atoms with Crippen molar-refractivity contribution in [2.75, 3.05) is 25.1 Å². The summed E-state index contributed by atoms with van der Waals surface area (Å²) in [6.45, 7) is 3.29. The Morgan fingerprint density at radius 3 is 2.84 bits per heavy atom. The number of aromatic nitrogens is 2. The monoisotopic (exact) mass is 507 g/mol. The molecule has 0 unspecified atom stereocenters. The molecule has 0 saturated heterocycles. The van der Waals surface area contributed by atoms with Gasteiger partial charge in [0, 0.05) is 35.7 Å². The summed E-state index contributed by atoms with van der Waals surface area (Å²) in [6.07, 6.45) is 2.99. The number of ether oxygens (including phenoxy) is 2. The first kappa shape index (κ1) is 23.1. The molecule has 3 aromatic rings. The second kappa shape index (κ2) is 11.2. The van der Waals surface area contributed by atoms with Gasteiger partial charge in [0.15, 0.2) is 5.78 Å². The Hall–Kier alpha value is -2.55. The minimum Gasteiger partial charge on any atom is -0.491 e. The van der Waals surface area contributed by atoms with E-state index in [4.69, 9.17) is 21.1 Å². The maximum Gasteiger partial charge on any atom is 0.160 e. The zero-order chi connectivity index (χ0) is 22.2. The van der Waals surface area contributed by atoms with Crippen molar-refractivity contribution in [2.45, 2.75) is 13.3 Å². The number of carbonyl (C=O) groups excluding carboxylic acids is 1. The summed E-state index contributed by atoms with van der Waals surface area (Å²) in [6, 6.07) is 7.90. The lowest BCUT2D eigenvalue weighted by molar-refractivity contribution is -0.114. The zero-order valence-electron chi connectivity index (χ0n) is 16.7. The van der Waals surface area contributed by atoms with Gasteiger partial charge in [0.1, 0.15) is 30.3 Å². The Kier molecular flexibility index (Phi) is 8.34. The lowest BCUT2D eigenvalue weighted by atomic mass is 10.0. The lowest BCUT2D eigenvalue weighted by Gasteiger charge is -2.14. The molecule has 0 amide bonds. The molecule has 3 rings (SSSR count). The number of ketones is 1. The molecule has 1 aromatic heterocycles. The van der Waals surface area contributed by atoms with Crippen LogP contribution >= 0.6 is 27.5 Å². The number of fused-ring (bicyclic) bond motifs is 1. The maximum absolute atomic E-state index is 13.5. The van der Waals surface area contributed by atoms with Gasteiger partial charge >= 0.3 is 0 Å². The summed E-state index contributed by atoms with van der Waals surface area (Å²) in [7, 11) is 0. The van der Waals surface area contributed by atoms with E-state index >= 15 is 0 Å². The molecule has 0 aliphatic rings. The van der Waals surface area contributed by atoms with E-state index in [2.05, 4.69) is 31.2 Å². The van der Waals surface area contributed by atoms with Gasteiger partial charge in [-0.2, -0.15) is 0 Å². The summed E-state index contributed by atoms with van der Waals surface area (Å²) >= 11 is 9.00. The summed E-state index contributed by atoms with van der Waals surface area (Å²) in [5.74, 6) is 0.452. The number of benzene rings is 2. The van der Waals surface area contributed by atoms with E-state index in [-0.39, 0.29) is 17.2 Å². The average molecular weight is 509 g/mol. The van der Waals surface area contributed by atoms with Crippen molar-refractivity contribution in [3.8, 4) is 5.75 Å². The molecule has 6 nitrogen and oxygen atoms in total. The van der Waals surface area contributed by atoms with Crippen LogP contribution in [0, 0.1) is 5.82 Å². The number of carbonyl (C=O) groups is 1. The van der Waals surface area contributed by atoms with Crippen LogP contribution in [0.1, 0.15) is 12.5 Å². The van der Waals surface area contributed by atoms with Crippen LogP contribution in [0.2, 0.25) is 5.02 Å². The molecule has 1 N–H and O–H groups in total. The summed E-state index contributed by atoms with van der Waals surface area (Å²) in [5.41, 5.74) is 1.89. The van der Waals surface area contributed by atoms with Gasteiger partial charge in [-0.25, -0.2) is 14.4 Å². The molecule has 0 aliphatic carbocycles. The first-order chi connectivity index (χ1) is 15.0. The van der Waals surface area contributed by atoms with Crippen LogP contribution in [0.15, 0.2) is 47.7 Å². The SMILES string of the molecule is CCOCCOc1cc2ncnc(Nc3ccc(F)c(Cl)c3)c2cc1CC(=O)/C=C\Br. The van der Waals surface area contributed by atoms with Crippen LogP contribution in [0.3, 0.4) is 0 Å². The van der Waals surface area contributed by atoms with E-state index in [1.807, 2.05) is 13.0 Å². The Labute approximate surface area is 192 Å². The molecule has 1 heterocycles. The number of anilines is 2. The van der Waals surface area contributed by atoms with Crippen LogP contribution in [0.25, 0.3) is 10.9 Å². The third-order valence-corrected chi connectivity index (χ3v) is 4.86. The van der Waals surface area contributed by atoms with Crippen molar-refractivity contribution in [3.05, 3.63) is 64.1 Å². The molecule has 0 atom stereocenters. The minimum atomic E-state index is -0.505. The molecule has 0 saturated carbocycles. The van der Waals surface area contributed by atoms with Crippen molar-refractivity contribution in [2.24, 2.45) is 0 Å². The summed E-state index contributed by atoms with van der Waals surface area (Å²) in [4.78, 5) is 22.4. The van der Waals surface area contributed by atoms with E-state index in [0.29, 0.717) is 53.5 Å². The van der Waals surface area contributed by atoms with Crippen molar-refractivity contribution in [3.63, 3.8) is 0 Å². The fraction of sp³-hybridized carbons (Fsp3) is 0.227. The normalized spacial score (nSPS) is 11.2. The van der Waals surface area contributed by atoms with Crippen LogP contribution in [-0.2, 0) is 16.0 Å².